The molecular weight excluding hydrogens is 240 g/mol. The summed E-state index contributed by atoms with van der Waals surface area (Å²) in [4.78, 5) is 0. The Kier molecular flexibility index (Phi) is 5.79. The number of ether oxygens (including phenoxy) is 1. The van der Waals surface area contributed by atoms with Gasteiger partial charge in [0.15, 0.2) is 0 Å². The van der Waals surface area contributed by atoms with Gasteiger partial charge in [0, 0.05) is 12.7 Å². The molecule has 1 saturated carbocycles. The molecule has 1 N–H and O–H groups in total. The minimum Gasteiger partial charge on any atom is -0.376 e. The Hall–Kier alpha value is -0.940. The van der Waals surface area contributed by atoms with Crippen molar-refractivity contribution in [2.75, 3.05) is 13.2 Å². The Morgan fingerprint density at radius 3 is 3.05 bits per heavy atom. The summed E-state index contributed by atoms with van der Waals surface area (Å²) >= 11 is 0. The van der Waals surface area contributed by atoms with Gasteiger partial charge in [-0.3, -0.25) is 0 Å². The van der Waals surface area contributed by atoms with E-state index in [1.54, 1.807) is 0 Å². The van der Waals surface area contributed by atoms with Crippen molar-refractivity contribution in [1.82, 2.24) is 20.3 Å². The summed E-state index contributed by atoms with van der Waals surface area (Å²) in [5.74, 6) is 0.703. The lowest BCUT2D eigenvalue weighted by Gasteiger charge is -2.28. The third kappa shape index (κ3) is 4.58. The van der Waals surface area contributed by atoms with Crippen LogP contribution in [-0.4, -0.2) is 34.2 Å². The van der Waals surface area contributed by atoms with E-state index in [2.05, 4.69) is 29.5 Å². The number of hydrogen-bond donors (Lipinski definition) is 1. The zero-order chi connectivity index (χ0) is 13.5. The number of nitrogens with zero attached hydrogens (tertiary/aromatic N) is 3. The molecule has 0 bridgehead atoms. The van der Waals surface area contributed by atoms with Crippen LogP contribution in [0.1, 0.15) is 45.2 Å². The smallest absolute Gasteiger partial charge is 0.0964 e. The summed E-state index contributed by atoms with van der Waals surface area (Å²) < 4.78 is 7.86. The van der Waals surface area contributed by atoms with Crippen molar-refractivity contribution in [3.63, 3.8) is 0 Å². The van der Waals surface area contributed by atoms with E-state index in [4.69, 9.17) is 4.74 Å². The first-order valence-corrected chi connectivity index (χ1v) is 7.51. The standard InChI is InChI=1S/C14H26N4O/c1-3-15-10-13-11-18(17-16-13)8-9-19-14-7-5-4-6-12(14)2/h11-12,14-15H,3-10H2,1-2H3. The van der Waals surface area contributed by atoms with E-state index in [0.29, 0.717) is 12.0 Å². The van der Waals surface area contributed by atoms with Crippen LogP contribution in [0.3, 0.4) is 0 Å². The third-order valence-corrected chi connectivity index (χ3v) is 3.83. The number of aromatic nitrogens is 3. The van der Waals surface area contributed by atoms with E-state index >= 15 is 0 Å². The summed E-state index contributed by atoms with van der Waals surface area (Å²) in [6.45, 7) is 7.66. The van der Waals surface area contributed by atoms with Crippen LogP contribution < -0.4 is 5.32 Å². The molecule has 0 radical (unpaired) electrons. The summed E-state index contributed by atoms with van der Waals surface area (Å²) in [6.07, 6.45) is 7.63. The molecule has 1 fully saturated rings. The molecule has 0 spiro atoms. The van der Waals surface area contributed by atoms with Crippen LogP contribution in [0.15, 0.2) is 6.20 Å². The first-order valence-electron chi connectivity index (χ1n) is 7.51. The van der Waals surface area contributed by atoms with Crippen LogP contribution in [0.25, 0.3) is 0 Å². The van der Waals surface area contributed by atoms with E-state index in [0.717, 1.165) is 31.9 Å². The van der Waals surface area contributed by atoms with Crippen LogP contribution in [0, 0.1) is 5.92 Å². The van der Waals surface area contributed by atoms with Gasteiger partial charge in [0.2, 0.25) is 0 Å². The highest BCUT2D eigenvalue weighted by molar-refractivity contribution is 4.91. The molecular formula is C14H26N4O. The van der Waals surface area contributed by atoms with Gasteiger partial charge < -0.3 is 10.1 Å². The van der Waals surface area contributed by atoms with Crippen molar-refractivity contribution in [3.8, 4) is 0 Å². The van der Waals surface area contributed by atoms with Crippen LogP contribution in [0.5, 0.6) is 0 Å². The Bertz CT molecular complexity index is 366. The van der Waals surface area contributed by atoms with Gasteiger partial charge >= 0.3 is 0 Å². The normalized spacial score (nSPS) is 23.7. The largest absolute Gasteiger partial charge is 0.376 e. The van der Waals surface area contributed by atoms with Gasteiger partial charge in [0.05, 0.1) is 24.9 Å². The maximum atomic E-state index is 5.99. The first kappa shape index (κ1) is 14.5. The van der Waals surface area contributed by atoms with Crippen molar-refractivity contribution in [2.24, 2.45) is 5.92 Å². The van der Waals surface area contributed by atoms with E-state index in [1.807, 2.05) is 10.9 Å². The van der Waals surface area contributed by atoms with Crippen LogP contribution in [0.4, 0.5) is 0 Å². The number of hydrogen-bond acceptors (Lipinski definition) is 4. The Labute approximate surface area is 115 Å². The second-order valence-electron chi connectivity index (χ2n) is 5.42. The van der Waals surface area contributed by atoms with E-state index < -0.39 is 0 Å². The Morgan fingerprint density at radius 1 is 1.42 bits per heavy atom. The van der Waals surface area contributed by atoms with E-state index in [1.165, 1.54) is 25.7 Å². The maximum absolute atomic E-state index is 5.99. The summed E-state index contributed by atoms with van der Waals surface area (Å²) in [5, 5.41) is 11.5. The fourth-order valence-corrected chi connectivity index (χ4v) is 2.61. The molecule has 1 heterocycles. The monoisotopic (exact) mass is 266 g/mol. The lowest BCUT2D eigenvalue weighted by molar-refractivity contribution is -0.00944. The maximum Gasteiger partial charge on any atom is 0.0964 e. The number of nitrogens with one attached hydrogen (secondary N) is 1. The van der Waals surface area contributed by atoms with Crippen LogP contribution in [-0.2, 0) is 17.8 Å². The zero-order valence-electron chi connectivity index (χ0n) is 12.1. The second kappa shape index (κ2) is 7.60. The van der Waals surface area contributed by atoms with Gasteiger partial charge in [-0.25, -0.2) is 4.68 Å². The third-order valence-electron chi connectivity index (χ3n) is 3.83. The predicted octanol–water partition coefficient (Wildman–Crippen LogP) is 1.98. The molecule has 2 unspecified atom stereocenters. The molecule has 108 valence electrons. The second-order valence-corrected chi connectivity index (χ2v) is 5.42. The van der Waals surface area contributed by atoms with Gasteiger partial charge in [-0.15, -0.1) is 5.10 Å². The van der Waals surface area contributed by atoms with Crippen LogP contribution >= 0.6 is 0 Å². The van der Waals surface area contributed by atoms with Gasteiger partial charge in [-0.1, -0.05) is 31.9 Å². The fourth-order valence-electron chi connectivity index (χ4n) is 2.61. The summed E-state index contributed by atoms with van der Waals surface area (Å²) in [7, 11) is 0. The molecule has 1 aromatic rings. The molecule has 1 aliphatic rings. The lowest BCUT2D eigenvalue weighted by Crippen LogP contribution is -2.27. The molecule has 19 heavy (non-hydrogen) atoms. The summed E-state index contributed by atoms with van der Waals surface area (Å²) in [6, 6.07) is 0. The molecule has 0 amide bonds. The average Bonchev–Trinajstić information content (AvgIpc) is 2.86. The van der Waals surface area contributed by atoms with Gasteiger partial charge in [0.1, 0.15) is 0 Å². The average molecular weight is 266 g/mol. The molecule has 2 atom stereocenters. The Morgan fingerprint density at radius 2 is 2.26 bits per heavy atom. The van der Waals surface area contributed by atoms with Gasteiger partial charge in [-0.05, 0) is 25.3 Å². The minimum absolute atomic E-state index is 0.443. The molecule has 0 saturated heterocycles. The van der Waals surface area contributed by atoms with Crippen molar-refractivity contribution in [2.45, 2.75) is 58.7 Å². The lowest BCUT2D eigenvalue weighted by atomic mass is 9.88. The van der Waals surface area contributed by atoms with Crippen LogP contribution in [0.2, 0.25) is 0 Å². The molecule has 2 rings (SSSR count). The van der Waals surface area contributed by atoms with E-state index in [-0.39, 0.29) is 0 Å². The molecule has 5 nitrogen and oxygen atoms in total. The zero-order valence-corrected chi connectivity index (χ0v) is 12.1. The topological polar surface area (TPSA) is 52.0 Å². The fraction of sp³-hybridized carbons (Fsp3) is 0.857. The molecule has 1 aliphatic carbocycles. The SMILES string of the molecule is CCNCc1cn(CCOC2CCCCC2C)nn1. The first-order chi connectivity index (χ1) is 9.29. The van der Waals surface area contributed by atoms with E-state index in [9.17, 15) is 0 Å². The predicted molar refractivity (Wildman–Crippen MR) is 74.8 cm³/mol. The highest BCUT2D eigenvalue weighted by Gasteiger charge is 2.21. The molecule has 1 aromatic heterocycles. The van der Waals surface area contributed by atoms with Crippen molar-refractivity contribution in [1.29, 1.82) is 0 Å². The quantitative estimate of drug-likeness (QED) is 0.820. The van der Waals surface area contributed by atoms with Gasteiger partial charge in [0.25, 0.3) is 0 Å². The molecule has 0 aromatic carbocycles. The van der Waals surface area contributed by atoms with Crippen molar-refractivity contribution < 1.29 is 4.74 Å². The molecule has 5 heteroatoms. The summed E-state index contributed by atoms with van der Waals surface area (Å²) in [5.41, 5.74) is 0.993. The highest BCUT2D eigenvalue weighted by atomic mass is 16.5. The minimum atomic E-state index is 0.443. The highest BCUT2D eigenvalue weighted by Crippen LogP contribution is 2.26. The van der Waals surface area contributed by atoms with Crippen molar-refractivity contribution >= 4 is 0 Å². The number of rotatable bonds is 7. The van der Waals surface area contributed by atoms with Gasteiger partial charge in [-0.2, -0.15) is 0 Å². The molecule has 0 aliphatic heterocycles. The van der Waals surface area contributed by atoms with Crippen molar-refractivity contribution in [3.05, 3.63) is 11.9 Å². The Balaban J connectivity index is 1.68.